The lowest BCUT2D eigenvalue weighted by atomic mass is 9.74. The summed E-state index contributed by atoms with van der Waals surface area (Å²) in [6.45, 7) is 9.18. The lowest BCUT2D eigenvalue weighted by molar-refractivity contribution is -0.158. The number of carbonyl (C=O) groups is 2. The second-order valence-corrected chi connectivity index (χ2v) is 8.33. The van der Waals surface area contributed by atoms with Gasteiger partial charge in [-0.15, -0.1) is 0 Å². The minimum atomic E-state index is -0.724. The zero-order valence-corrected chi connectivity index (χ0v) is 18.5. The molecule has 0 unspecified atom stereocenters. The predicted molar refractivity (Wildman–Crippen MR) is 120 cm³/mol. The van der Waals surface area contributed by atoms with Gasteiger partial charge in [-0.25, -0.2) is 4.79 Å². The first-order valence-electron chi connectivity index (χ1n) is 10.7. The van der Waals surface area contributed by atoms with Crippen LogP contribution in [0, 0.1) is 26.2 Å². The monoisotopic (exact) mass is 408 g/mol. The van der Waals surface area contributed by atoms with Gasteiger partial charge in [0.2, 0.25) is 0 Å². The van der Waals surface area contributed by atoms with Gasteiger partial charge in [0, 0.05) is 18.8 Å². The first-order valence-corrected chi connectivity index (χ1v) is 10.7. The van der Waals surface area contributed by atoms with E-state index in [4.69, 9.17) is 4.74 Å². The number of aryl methyl sites for hydroxylation is 3. The first kappa shape index (κ1) is 21.9. The average Bonchev–Trinajstić information content (AvgIpc) is 2.73. The van der Waals surface area contributed by atoms with Gasteiger partial charge in [-0.1, -0.05) is 42.5 Å². The first-order chi connectivity index (χ1) is 14.4. The maximum absolute atomic E-state index is 13.1. The maximum atomic E-state index is 13.1. The van der Waals surface area contributed by atoms with Crippen LogP contribution in [-0.2, 0) is 16.0 Å². The molecule has 0 spiro atoms. The van der Waals surface area contributed by atoms with Crippen molar-refractivity contribution in [3.63, 3.8) is 0 Å². The second-order valence-electron chi connectivity index (χ2n) is 8.33. The van der Waals surface area contributed by atoms with Crippen LogP contribution in [0.5, 0.6) is 0 Å². The van der Waals surface area contributed by atoms with Crippen LogP contribution in [-0.4, -0.2) is 36.6 Å². The number of hydrogen-bond donors (Lipinski definition) is 1. The molecule has 0 bridgehead atoms. The molecule has 0 aliphatic carbocycles. The van der Waals surface area contributed by atoms with Crippen molar-refractivity contribution in [2.75, 3.05) is 25.0 Å². The van der Waals surface area contributed by atoms with Crippen LogP contribution in [0.15, 0.2) is 42.5 Å². The summed E-state index contributed by atoms with van der Waals surface area (Å²) in [6.07, 6.45) is 2.06. The summed E-state index contributed by atoms with van der Waals surface area (Å²) >= 11 is 0. The van der Waals surface area contributed by atoms with Gasteiger partial charge < -0.3 is 15.0 Å². The summed E-state index contributed by atoms with van der Waals surface area (Å²) < 4.78 is 5.48. The third kappa shape index (κ3) is 4.66. The highest BCUT2D eigenvalue weighted by atomic mass is 16.5. The summed E-state index contributed by atoms with van der Waals surface area (Å²) in [5, 5.41) is 3.07. The van der Waals surface area contributed by atoms with Gasteiger partial charge in [0.15, 0.2) is 0 Å². The van der Waals surface area contributed by atoms with Crippen molar-refractivity contribution in [1.82, 2.24) is 4.90 Å². The van der Waals surface area contributed by atoms with Gasteiger partial charge in [-0.05, 0) is 69.2 Å². The van der Waals surface area contributed by atoms with Crippen LogP contribution >= 0.6 is 0 Å². The van der Waals surface area contributed by atoms with Gasteiger partial charge in [-0.2, -0.15) is 0 Å². The van der Waals surface area contributed by atoms with E-state index in [1.165, 1.54) is 0 Å². The number of rotatable bonds is 5. The van der Waals surface area contributed by atoms with E-state index in [0.29, 0.717) is 32.5 Å². The number of piperidine rings is 1. The van der Waals surface area contributed by atoms with Gasteiger partial charge in [0.25, 0.3) is 0 Å². The Hall–Kier alpha value is -2.82. The zero-order valence-electron chi connectivity index (χ0n) is 18.5. The maximum Gasteiger partial charge on any atom is 0.321 e. The molecule has 0 radical (unpaired) electrons. The molecule has 1 aliphatic heterocycles. The summed E-state index contributed by atoms with van der Waals surface area (Å²) in [4.78, 5) is 28.0. The van der Waals surface area contributed by atoms with E-state index in [9.17, 15) is 9.59 Å². The highest BCUT2D eigenvalue weighted by Gasteiger charge is 2.45. The number of likely N-dealkylation sites (tertiary alicyclic amines) is 1. The second kappa shape index (κ2) is 9.33. The Morgan fingerprint density at radius 3 is 2.37 bits per heavy atom. The van der Waals surface area contributed by atoms with Crippen LogP contribution in [0.2, 0.25) is 0 Å². The number of esters is 1. The largest absolute Gasteiger partial charge is 0.466 e. The predicted octanol–water partition coefficient (Wildman–Crippen LogP) is 5.03. The van der Waals surface area contributed by atoms with Crippen LogP contribution in [0.3, 0.4) is 0 Å². The molecule has 30 heavy (non-hydrogen) atoms. The fourth-order valence-electron chi connectivity index (χ4n) is 4.34. The molecule has 5 nitrogen and oxygen atoms in total. The van der Waals surface area contributed by atoms with Crippen LogP contribution < -0.4 is 5.32 Å². The molecule has 2 amide bonds. The molecule has 3 rings (SSSR count). The quantitative estimate of drug-likeness (QED) is 0.706. The van der Waals surface area contributed by atoms with Crippen molar-refractivity contribution in [1.29, 1.82) is 0 Å². The topological polar surface area (TPSA) is 58.6 Å². The van der Waals surface area contributed by atoms with E-state index in [-0.39, 0.29) is 12.0 Å². The lowest BCUT2D eigenvalue weighted by Gasteiger charge is -2.41. The van der Waals surface area contributed by atoms with Crippen molar-refractivity contribution in [2.24, 2.45) is 5.41 Å². The van der Waals surface area contributed by atoms with Gasteiger partial charge in [-0.3, -0.25) is 4.79 Å². The van der Waals surface area contributed by atoms with E-state index in [0.717, 1.165) is 34.4 Å². The van der Waals surface area contributed by atoms with Gasteiger partial charge >= 0.3 is 12.0 Å². The number of hydrogen-bond acceptors (Lipinski definition) is 3. The molecule has 1 atom stereocenters. The lowest BCUT2D eigenvalue weighted by Crippen LogP contribution is -2.52. The summed E-state index contributed by atoms with van der Waals surface area (Å²) in [5.41, 5.74) is 4.45. The Bertz CT molecular complexity index is 904. The highest BCUT2D eigenvalue weighted by molar-refractivity contribution is 5.91. The SMILES string of the molecule is CCOC(=O)[C@]1(Cc2ccccc2C)CCCN(C(=O)Nc2c(C)cccc2C)C1. The molecule has 1 aliphatic rings. The molecular formula is C25H32N2O3. The third-order valence-corrected chi connectivity index (χ3v) is 6.08. The zero-order chi connectivity index (χ0) is 21.7. The summed E-state index contributed by atoms with van der Waals surface area (Å²) in [5.74, 6) is -0.210. The van der Waals surface area contributed by atoms with Crippen molar-refractivity contribution in [3.8, 4) is 0 Å². The van der Waals surface area contributed by atoms with E-state index < -0.39 is 5.41 Å². The molecule has 1 fully saturated rings. The minimum absolute atomic E-state index is 0.162. The van der Waals surface area contributed by atoms with Crippen molar-refractivity contribution >= 4 is 17.7 Å². The summed E-state index contributed by atoms with van der Waals surface area (Å²) in [7, 11) is 0. The molecule has 1 N–H and O–H groups in total. The van der Waals surface area contributed by atoms with Crippen molar-refractivity contribution < 1.29 is 14.3 Å². The molecule has 5 heteroatoms. The normalized spacial score (nSPS) is 18.7. The molecule has 2 aromatic rings. The van der Waals surface area contributed by atoms with E-state index in [1.807, 2.05) is 51.1 Å². The number of anilines is 1. The van der Waals surface area contributed by atoms with E-state index in [2.05, 4.69) is 24.4 Å². The van der Waals surface area contributed by atoms with Crippen LogP contribution in [0.4, 0.5) is 10.5 Å². The van der Waals surface area contributed by atoms with Crippen molar-refractivity contribution in [3.05, 3.63) is 64.7 Å². The van der Waals surface area contributed by atoms with Crippen molar-refractivity contribution in [2.45, 2.75) is 47.0 Å². The van der Waals surface area contributed by atoms with E-state index in [1.54, 1.807) is 4.90 Å². The molecule has 0 saturated carbocycles. The molecule has 2 aromatic carbocycles. The third-order valence-electron chi connectivity index (χ3n) is 6.08. The number of benzene rings is 2. The number of nitrogens with zero attached hydrogens (tertiary/aromatic N) is 1. The van der Waals surface area contributed by atoms with E-state index >= 15 is 0 Å². The fraction of sp³-hybridized carbons (Fsp3) is 0.440. The Kier molecular flexibility index (Phi) is 6.80. The smallest absolute Gasteiger partial charge is 0.321 e. The molecular weight excluding hydrogens is 376 g/mol. The number of nitrogens with one attached hydrogen (secondary N) is 1. The van der Waals surface area contributed by atoms with Crippen LogP contribution in [0.25, 0.3) is 0 Å². The van der Waals surface area contributed by atoms with Crippen LogP contribution in [0.1, 0.15) is 42.0 Å². The fourth-order valence-corrected chi connectivity index (χ4v) is 4.34. The summed E-state index contributed by atoms with van der Waals surface area (Å²) in [6, 6.07) is 13.9. The molecule has 1 saturated heterocycles. The standard InChI is InChI=1S/C25H32N2O3/c1-5-30-23(28)25(16-21-13-7-6-10-18(21)2)14-9-15-27(17-25)24(29)26-22-19(3)11-8-12-20(22)4/h6-8,10-13H,5,9,14-17H2,1-4H3,(H,26,29)/t25-/m0/s1. The Morgan fingerprint density at radius 2 is 1.70 bits per heavy atom. The van der Waals surface area contributed by atoms with Gasteiger partial charge in [0.1, 0.15) is 0 Å². The highest BCUT2D eigenvalue weighted by Crippen LogP contribution is 2.36. The number of carbonyl (C=O) groups excluding carboxylic acids is 2. The molecule has 1 heterocycles. The number of urea groups is 1. The minimum Gasteiger partial charge on any atom is -0.466 e. The number of para-hydroxylation sites is 1. The Balaban J connectivity index is 1.85. The Labute approximate surface area is 179 Å². The number of ether oxygens (including phenoxy) is 1. The number of amides is 2. The van der Waals surface area contributed by atoms with Gasteiger partial charge in [0.05, 0.1) is 12.0 Å². The Morgan fingerprint density at radius 1 is 1.03 bits per heavy atom. The molecule has 160 valence electrons. The molecule has 0 aromatic heterocycles. The average molecular weight is 409 g/mol.